The van der Waals surface area contributed by atoms with E-state index >= 15 is 0 Å². The second-order valence-electron chi connectivity index (χ2n) is 3.06. The summed E-state index contributed by atoms with van der Waals surface area (Å²) < 4.78 is 4.68. The molecule has 1 rings (SSSR count). The van der Waals surface area contributed by atoms with Gasteiger partial charge in [-0.1, -0.05) is 0 Å². The molecule has 82 valence electrons. The van der Waals surface area contributed by atoms with Gasteiger partial charge in [0.1, 0.15) is 12.2 Å². The Morgan fingerprint density at radius 1 is 1.53 bits per heavy atom. The molecule has 0 aromatic carbocycles. The molecule has 0 bridgehead atoms. The number of carbonyl (C=O) groups excluding carboxylic acids is 2. The minimum atomic E-state index is -0.463. The zero-order chi connectivity index (χ0) is 11.3. The molecule has 0 amide bonds. The van der Waals surface area contributed by atoms with Crippen LogP contribution >= 0.6 is 11.3 Å². The van der Waals surface area contributed by atoms with Crippen molar-refractivity contribution in [1.82, 2.24) is 4.98 Å². The monoisotopic (exact) mass is 227 g/mol. The minimum Gasteiger partial charge on any atom is -0.466 e. The predicted octanol–water partition coefficient (Wildman–Crippen LogP) is 1.52. The van der Waals surface area contributed by atoms with Crippen molar-refractivity contribution in [1.29, 1.82) is 0 Å². The van der Waals surface area contributed by atoms with Gasteiger partial charge in [-0.3, -0.25) is 9.59 Å². The molecule has 0 saturated heterocycles. The van der Waals surface area contributed by atoms with Crippen LogP contribution in [0.15, 0.2) is 5.38 Å². The highest BCUT2D eigenvalue weighted by atomic mass is 32.1. The van der Waals surface area contributed by atoms with Crippen molar-refractivity contribution in [2.45, 2.75) is 26.7 Å². The Hall–Kier alpha value is -1.23. The van der Waals surface area contributed by atoms with E-state index in [2.05, 4.69) is 9.72 Å². The van der Waals surface area contributed by atoms with Gasteiger partial charge in [-0.25, -0.2) is 4.98 Å². The molecule has 0 unspecified atom stereocenters. The van der Waals surface area contributed by atoms with E-state index in [1.807, 2.05) is 12.3 Å². The first-order chi connectivity index (χ1) is 7.11. The van der Waals surface area contributed by atoms with Crippen LogP contribution in [0.3, 0.4) is 0 Å². The highest BCUT2D eigenvalue weighted by Gasteiger charge is 2.12. The lowest BCUT2D eigenvalue weighted by atomic mass is 10.2. The zero-order valence-electron chi connectivity index (χ0n) is 8.78. The molecule has 4 nitrogen and oxygen atoms in total. The topological polar surface area (TPSA) is 56.3 Å². The summed E-state index contributed by atoms with van der Waals surface area (Å²) >= 11 is 1.50. The number of hydrogen-bond acceptors (Lipinski definition) is 5. The van der Waals surface area contributed by atoms with Crippen LogP contribution in [0.25, 0.3) is 0 Å². The third-order valence-electron chi connectivity index (χ3n) is 1.69. The summed E-state index contributed by atoms with van der Waals surface area (Å²) in [6.07, 6.45) is 0.0492. The number of thiazole rings is 1. The molecule has 5 heteroatoms. The fraction of sp³-hybridized carbons (Fsp3) is 0.500. The number of ether oxygens (including phenoxy) is 1. The predicted molar refractivity (Wildman–Crippen MR) is 56.8 cm³/mol. The molecular weight excluding hydrogens is 214 g/mol. The molecule has 0 radical (unpaired) electrons. The highest BCUT2D eigenvalue weighted by Crippen LogP contribution is 2.09. The van der Waals surface area contributed by atoms with Crippen LogP contribution in [0.5, 0.6) is 0 Å². The SMILES string of the molecule is CCOC(=O)CC(=O)Cc1csc(C)n1. The number of aryl methyl sites for hydroxylation is 1. The van der Waals surface area contributed by atoms with E-state index < -0.39 is 5.97 Å². The smallest absolute Gasteiger partial charge is 0.313 e. The first-order valence-corrected chi connectivity index (χ1v) is 5.58. The van der Waals surface area contributed by atoms with Crippen LogP contribution in [0.2, 0.25) is 0 Å². The average Bonchev–Trinajstić information content (AvgIpc) is 2.51. The molecule has 1 aromatic heterocycles. The number of Topliss-reactive ketones (excluding diaryl/α,β-unsaturated/α-hetero) is 1. The Balaban J connectivity index is 2.39. The van der Waals surface area contributed by atoms with Crippen LogP contribution in [0.4, 0.5) is 0 Å². The summed E-state index contributed by atoms with van der Waals surface area (Å²) in [6, 6.07) is 0. The number of aromatic nitrogens is 1. The third kappa shape index (κ3) is 4.20. The normalized spacial score (nSPS) is 10.0. The quantitative estimate of drug-likeness (QED) is 0.565. The Morgan fingerprint density at radius 2 is 2.27 bits per heavy atom. The number of hydrogen-bond donors (Lipinski definition) is 0. The van der Waals surface area contributed by atoms with Crippen molar-refractivity contribution in [2.75, 3.05) is 6.61 Å². The molecule has 0 fully saturated rings. The zero-order valence-corrected chi connectivity index (χ0v) is 9.60. The molecule has 1 aromatic rings. The number of nitrogens with zero attached hydrogens (tertiary/aromatic N) is 1. The maximum atomic E-state index is 11.4. The standard InChI is InChI=1S/C10H13NO3S/c1-3-14-10(13)5-9(12)4-8-6-15-7(2)11-8/h6H,3-5H2,1-2H3. The van der Waals surface area contributed by atoms with Gasteiger partial charge in [0.2, 0.25) is 0 Å². The van der Waals surface area contributed by atoms with Gasteiger partial charge in [0, 0.05) is 5.38 Å². The summed E-state index contributed by atoms with van der Waals surface area (Å²) in [7, 11) is 0. The number of carbonyl (C=O) groups is 2. The van der Waals surface area contributed by atoms with Crippen molar-refractivity contribution < 1.29 is 14.3 Å². The first kappa shape index (κ1) is 11.8. The van der Waals surface area contributed by atoms with Crippen molar-refractivity contribution in [3.63, 3.8) is 0 Å². The molecule has 0 atom stereocenters. The van der Waals surface area contributed by atoms with Gasteiger partial charge in [-0.05, 0) is 13.8 Å². The summed E-state index contributed by atoms with van der Waals surface area (Å²) in [4.78, 5) is 26.5. The van der Waals surface area contributed by atoms with E-state index in [0.29, 0.717) is 6.61 Å². The van der Waals surface area contributed by atoms with Crippen molar-refractivity contribution in [2.24, 2.45) is 0 Å². The van der Waals surface area contributed by atoms with Gasteiger partial charge < -0.3 is 4.74 Å². The van der Waals surface area contributed by atoms with Gasteiger partial charge in [-0.2, -0.15) is 0 Å². The molecular formula is C10H13NO3S. The van der Waals surface area contributed by atoms with Gasteiger partial charge >= 0.3 is 5.97 Å². The van der Waals surface area contributed by atoms with Crippen LogP contribution in [0, 0.1) is 6.92 Å². The lowest BCUT2D eigenvalue weighted by Gasteiger charge is -1.99. The highest BCUT2D eigenvalue weighted by molar-refractivity contribution is 7.09. The van der Waals surface area contributed by atoms with Crippen molar-refractivity contribution >= 4 is 23.1 Å². The van der Waals surface area contributed by atoms with E-state index in [9.17, 15) is 9.59 Å². The number of esters is 1. The minimum absolute atomic E-state index is 0.154. The summed E-state index contributed by atoms with van der Waals surface area (Å²) in [6.45, 7) is 3.90. The molecule has 0 spiro atoms. The maximum Gasteiger partial charge on any atom is 0.313 e. The number of ketones is 1. The number of rotatable bonds is 5. The molecule has 0 aliphatic rings. The molecule has 0 aliphatic carbocycles. The molecule has 0 saturated carbocycles. The van der Waals surface area contributed by atoms with Crippen LogP contribution < -0.4 is 0 Å². The van der Waals surface area contributed by atoms with Gasteiger partial charge in [-0.15, -0.1) is 11.3 Å². The Labute approximate surface area is 92.3 Å². The van der Waals surface area contributed by atoms with Crippen LogP contribution in [-0.2, 0) is 20.7 Å². The second-order valence-corrected chi connectivity index (χ2v) is 4.12. The fourth-order valence-corrected chi connectivity index (χ4v) is 1.74. The average molecular weight is 227 g/mol. The molecule has 15 heavy (non-hydrogen) atoms. The summed E-state index contributed by atoms with van der Waals surface area (Å²) in [5, 5.41) is 2.76. The van der Waals surface area contributed by atoms with Crippen molar-refractivity contribution in [3.05, 3.63) is 16.1 Å². The maximum absolute atomic E-state index is 11.4. The molecule has 1 heterocycles. The Morgan fingerprint density at radius 3 is 2.80 bits per heavy atom. The Kier molecular flexibility index (Phi) is 4.42. The van der Waals surface area contributed by atoms with Crippen LogP contribution in [-0.4, -0.2) is 23.3 Å². The van der Waals surface area contributed by atoms with Gasteiger partial charge in [0.15, 0.2) is 0 Å². The molecule has 0 aliphatic heterocycles. The Bertz CT molecular complexity index is 359. The third-order valence-corrected chi connectivity index (χ3v) is 2.51. The first-order valence-electron chi connectivity index (χ1n) is 4.70. The summed E-state index contributed by atoms with van der Waals surface area (Å²) in [5.41, 5.74) is 0.729. The lowest BCUT2D eigenvalue weighted by molar-refractivity contribution is -0.145. The van der Waals surface area contributed by atoms with Crippen LogP contribution in [0.1, 0.15) is 24.0 Å². The second kappa shape index (κ2) is 5.60. The van der Waals surface area contributed by atoms with E-state index in [4.69, 9.17) is 0 Å². The van der Waals surface area contributed by atoms with Gasteiger partial charge in [0.25, 0.3) is 0 Å². The lowest BCUT2D eigenvalue weighted by Crippen LogP contribution is -2.13. The van der Waals surface area contributed by atoms with E-state index in [0.717, 1.165) is 10.7 Å². The van der Waals surface area contributed by atoms with E-state index in [1.54, 1.807) is 6.92 Å². The van der Waals surface area contributed by atoms with E-state index in [-0.39, 0.29) is 18.6 Å². The summed E-state index contributed by atoms with van der Waals surface area (Å²) in [5.74, 6) is -0.617. The fourth-order valence-electron chi connectivity index (χ4n) is 1.13. The molecule has 0 N–H and O–H groups in total. The van der Waals surface area contributed by atoms with Crippen molar-refractivity contribution in [3.8, 4) is 0 Å². The van der Waals surface area contributed by atoms with Gasteiger partial charge in [0.05, 0.1) is 23.7 Å². The van der Waals surface area contributed by atoms with E-state index in [1.165, 1.54) is 11.3 Å². The largest absolute Gasteiger partial charge is 0.466 e.